The highest BCUT2D eigenvalue weighted by Gasteiger charge is 2.56. The van der Waals surface area contributed by atoms with Crippen LogP contribution < -0.4 is 0 Å². The smallest absolute Gasteiger partial charge is 0.329 e. The molecular weight excluding hydrogens is 1660 g/mol. The molecule has 0 aromatic heterocycles. The molecule has 2 aliphatic carbocycles. The Bertz CT molecular complexity index is 3970. The third-order valence-corrected chi connectivity index (χ3v) is 29.6. The van der Waals surface area contributed by atoms with Crippen LogP contribution in [-0.2, 0) is 95.3 Å². The lowest BCUT2D eigenvalue weighted by Gasteiger charge is -2.43. The molecule has 0 aromatic carbocycles. The summed E-state index contributed by atoms with van der Waals surface area (Å²) >= 11 is 0. The summed E-state index contributed by atoms with van der Waals surface area (Å²) in [5, 5.41) is 45.1. The topological polar surface area (TPSA) is 350 Å². The minimum Gasteiger partial charge on any atom is -0.460 e. The summed E-state index contributed by atoms with van der Waals surface area (Å²) in [4.78, 5) is 144. The monoisotopic (exact) mass is 1820 g/mol. The van der Waals surface area contributed by atoms with Crippen molar-refractivity contribution in [2.75, 3.05) is 55.7 Å². The van der Waals surface area contributed by atoms with Crippen LogP contribution in [0, 0.1) is 71.0 Å². The average Bonchev–Trinajstić information content (AvgIpc) is 0.768. The van der Waals surface area contributed by atoms with Crippen LogP contribution in [-0.4, -0.2) is 241 Å². The minimum absolute atomic E-state index is 0.0711. The quantitative estimate of drug-likeness (QED) is 0.0713. The number of piperidine rings is 2. The molecule has 6 fully saturated rings. The van der Waals surface area contributed by atoms with Crippen molar-refractivity contribution >= 4 is 58.5 Å². The van der Waals surface area contributed by atoms with Crippen LogP contribution in [0.5, 0.6) is 0 Å². The van der Waals surface area contributed by atoms with Crippen LogP contribution in [0.25, 0.3) is 0 Å². The number of hydrogen-bond donors (Lipinski definition) is 4. The molecule has 0 spiro atoms. The first-order valence-corrected chi connectivity index (χ1v) is 48.7. The summed E-state index contributed by atoms with van der Waals surface area (Å²) in [5.41, 5.74) is 3.33. The first-order valence-electron chi connectivity index (χ1n) is 48.7. The van der Waals surface area contributed by atoms with Gasteiger partial charge in [-0.25, -0.2) is 9.59 Å². The van der Waals surface area contributed by atoms with E-state index in [0.717, 1.165) is 41.6 Å². The number of carbonyl (C=O) groups excluding carboxylic acids is 10. The van der Waals surface area contributed by atoms with Gasteiger partial charge in [0.05, 0.1) is 61.0 Å². The van der Waals surface area contributed by atoms with Crippen molar-refractivity contribution in [2.45, 2.75) is 374 Å². The second-order valence-corrected chi connectivity index (χ2v) is 39.4. The number of cyclic esters (lactones) is 2. The van der Waals surface area contributed by atoms with E-state index in [1.807, 2.05) is 123 Å². The largest absolute Gasteiger partial charge is 0.460 e. The Kier molecular flexibility index (Phi) is 45.5. The number of Topliss-reactive ketones (excluding diaryl/α,β-unsaturated/α-hetero) is 6. The number of methoxy groups -OCH3 is 6. The molecule has 28 atom stereocenters. The number of ketones is 6. The molecule has 6 heterocycles. The average molecular weight is 1820 g/mol. The summed E-state index contributed by atoms with van der Waals surface area (Å²) in [6.07, 6.45) is 30.2. The fourth-order valence-electron chi connectivity index (χ4n) is 20.6. The third kappa shape index (κ3) is 31.2. The Morgan fingerprint density at radius 1 is 0.431 bits per heavy atom. The van der Waals surface area contributed by atoms with E-state index in [1.54, 1.807) is 63.4 Å². The Labute approximate surface area is 775 Å². The van der Waals surface area contributed by atoms with Crippen molar-refractivity contribution in [3.63, 3.8) is 0 Å². The van der Waals surface area contributed by atoms with Crippen molar-refractivity contribution in [1.82, 2.24) is 9.80 Å². The highest BCUT2D eigenvalue weighted by molar-refractivity contribution is 6.39. The van der Waals surface area contributed by atoms with Gasteiger partial charge in [0, 0.05) is 130 Å². The number of ether oxygens (including phenoxy) is 10. The van der Waals surface area contributed by atoms with Crippen LogP contribution in [0.1, 0.15) is 277 Å². The fourth-order valence-corrected chi connectivity index (χ4v) is 20.6. The third-order valence-electron chi connectivity index (χ3n) is 29.6. The molecule has 6 aliphatic heterocycles. The maximum Gasteiger partial charge on any atom is 0.329 e. The second kappa shape index (κ2) is 53.6. The standard InChI is InChI=1S/2C52H81NO12/c1-11-39-21-22-40-29-45(61-8)33(3)18-14-12-13-17-32(2)25-34(4)43(55)30-46(62-9)36(6)26-35(5)44(56)31-47(37(7)27-38-20-23-42(54)48(28-38)63-10)64-51(59)41-19-15-16-24-53(41)50(58)49(57)52(39,60)65-40;1-11-38-18-14-12-13-17-32(2)45(61-8)29-40-22-20-37(7)52(60,65-40)49(57)50(58)53-24-16-15-19-41(53)51(59)64-47(36(6)27-39-21-23-42(54)48(28-39)63-10)31-44(56)33(3)25-35(5)46(62-9)30-43(55)34(4)26-38/h12-14,17-18,26,32,34-35,37-42,45-48,54,60H,11,15-16,19-25,27-31H2,1-10H3;12-14,17-18,25,33-34,36-42,45-48,54,60H,11,15-16,19-24,26-31H2,1-10H3/t32-,34-,35-,37-,38+,39-,40+,41+,42-,45+,46+,47+,48?,52-;33-,34-,36-,37-,38-,39+,40+,41+,42-,45+,46+,47+,48?,52-/m11/s1. The number of aliphatic hydroxyl groups excluding tert-OH is 2. The Morgan fingerprint density at radius 2 is 0.846 bits per heavy atom. The van der Waals surface area contributed by atoms with Crippen LogP contribution in [0.15, 0.2) is 95.2 Å². The van der Waals surface area contributed by atoms with Crippen molar-refractivity contribution in [1.29, 1.82) is 0 Å². The lowest BCUT2D eigenvalue weighted by Crippen LogP contribution is -2.61. The lowest BCUT2D eigenvalue weighted by atomic mass is 9.78. The fraction of sp³-hybridized carbons (Fsp3) is 0.750. The van der Waals surface area contributed by atoms with Gasteiger partial charge in [0.2, 0.25) is 11.6 Å². The molecule has 0 radical (unpaired) electrons. The first kappa shape index (κ1) is 110. The SMILES string of the molecule is CC[C@@H]1C=CC=CC=C(C)[C@@H](OC)C[C@@H]2CC[C@@H](C)[C@@](O)(O2)C(=O)C(=O)N2CCCC[C@H]2C(=O)O[C@H]([C@H](C)C[C@@H]2CC[C@@H](O)C(OC)C2)CC(=O)[C@H](C)C=C(C)[C@@H](OC)CC(=O)[C@H](C)C1.CC[C@@H]1CC[C@H]2C[C@H](OC)C(C)=CC=CC=C[C@@H](C)C[C@@H](C)C(=O)C[C@H](OC)C(C)=C[C@@H](C)C(=O)C[C@@H]([C@H](C)C[C@@H]3CC[C@@H](O)C(OC)C3)OC(=O)[C@@H]3CCCCN3C(=O)C(=O)[C@]1(O)O2. The number of rotatable bonds is 14. The zero-order chi connectivity index (χ0) is 96.0. The molecule has 26 heteroatoms. The summed E-state index contributed by atoms with van der Waals surface area (Å²) in [6, 6.07) is -2.21. The van der Waals surface area contributed by atoms with Gasteiger partial charge in [-0.1, -0.05) is 142 Å². The van der Waals surface area contributed by atoms with Crippen LogP contribution in [0.2, 0.25) is 0 Å². The van der Waals surface area contributed by atoms with Gasteiger partial charge in [-0.15, -0.1) is 0 Å². The van der Waals surface area contributed by atoms with Gasteiger partial charge < -0.3 is 77.6 Å². The first-order chi connectivity index (χ1) is 61.7. The summed E-state index contributed by atoms with van der Waals surface area (Å²) in [7, 11) is 9.48. The van der Waals surface area contributed by atoms with Gasteiger partial charge in [0.15, 0.2) is 0 Å². The summed E-state index contributed by atoms with van der Waals surface area (Å²) in [5.74, 6) is -13.5. The second-order valence-electron chi connectivity index (χ2n) is 39.4. The van der Waals surface area contributed by atoms with Crippen LogP contribution in [0.3, 0.4) is 0 Å². The molecule has 130 heavy (non-hydrogen) atoms. The molecular formula is C104H162N2O24. The number of carbonyl (C=O) groups is 10. The number of nitrogens with zero attached hydrogens (tertiary/aromatic N) is 2. The van der Waals surface area contributed by atoms with Gasteiger partial charge in [0.1, 0.15) is 47.4 Å². The van der Waals surface area contributed by atoms with Crippen molar-refractivity contribution in [2.24, 2.45) is 71.0 Å². The number of fused-ring (bicyclic) bond motifs is 6. The Hall–Kier alpha value is -6.66. The van der Waals surface area contributed by atoms with E-state index in [2.05, 4.69) is 26.0 Å². The maximum atomic E-state index is 14.4. The maximum absolute atomic E-state index is 14.4. The van der Waals surface area contributed by atoms with E-state index in [4.69, 9.17) is 47.4 Å². The Balaban J connectivity index is 0.000000356. The van der Waals surface area contributed by atoms with E-state index in [0.29, 0.717) is 122 Å². The minimum atomic E-state index is -2.41. The number of hydrogen-bond acceptors (Lipinski definition) is 24. The van der Waals surface area contributed by atoms with Crippen molar-refractivity contribution in [3.8, 4) is 0 Å². The molecule has 4 N–H and O–H groups in total. The van der Waals surface area contributed by atoms with E-state index in [-0.39, 0.29) is 134 Å². The lowest BCUT2D eigenvalue weighted by molar-refractivity contribution is -0.269. The van der Waals surface area contributed by atoms with Gasteiger partial charge in [0.25, 0.3) is 23.4 Å². The molecule has 26 nitrogen and oxygen atoms in total. The molecule has 2 unspecified atom stereocenters. The molecule has 4 bridgehead atoms. The van der Waals surface area contributed by atoms with Crippen LogP contribution >= 0.6 is 0 Å². The molecule has 8 rings (SSSR count). The van der Waals surface area contributed by atoms with Crippen molar-refractivity contribution < 1.29 is 116 Å². The number of allylic oxidation sites excluding steroid dienone is 12. The summed E-state index contributed by atoms with van der Waals surface area (Å²) in [6.45, 7) is 26.9. The highest BCUT2D eigenvalue weighted by atomic mass is 16.6. The van der Waals surface area contributed by atoms with Gasteiger partial charge in [-0.2, -0.15) is 0 Å². The van der Waals surface area contributed by atoms with E-state index >= 15 is 0 Å². The Morgan fingerprint density at radius 3 is 1.27 bits per heavy atom. The number of aliphatic hydroxyl groups is 4. The van der Waals surface area contributed by atoms with Gasteiger partial charge in [-0.05, 0) is 227 Å². The summed E-state index contributed by atoms with van der Waals surface area (Å²) < 4.78 is 59.5. The van der Waals surface area contributed by atoms with E-state index in [1.165, 1.54) is 9.80 Å². The predicted molar refractivity (Wildman–Crippen MR) is 497 cm³/mol. The molecule has 2 amide bonds. The highest BCUT2D eigenvalue weighted by Crippen LogP contribution is 2.43. The normalized spacial score (nSPS) is 36.7. The molecule has 8 aliphatic rings. The van der Waals surface area contributed by atoms with Gasteiger partial charge >= 0.3 is 11.9 Å². The number of amides is 2. The zero-order valence-electron chi connectivity index (χ0n) is 82.0. The number of esters is 2. The van der Waals surface area contributed by atoms with Gasteiger partial charge in [-0.3, -0.25) is 38.4 Å². The zero-order valence-corrected chi connectivity index (χ0v) is 82.0. The van der Waals surface area contributed by atoms with E-state index < -0.39 is 144 Å². The van der Waals surface area contributed by atoms with E-state index in [9.17, 15) is 68.4 Å². The molecule has 732 valence electrons. The molecule has 4 saturated heterocycles. The van der Waals surface area contributed by atoms with Crippen molar-refractivity contribution in [3.05, 3.63) is 95.2 Å². The molecule has 0 aromatic rings. The molecule has 2 saturated carbocycles. The van der Waals surface area contributed by atoms with Crippen LogP contribution in [0.4, 0.5) is 0 Å². The predicted octanol–water partition coefficient (Wildman–Crippen LogP) is 15.2.